The lowest BCUT2D eigenvalue weighted by molar-refractivity contribution is 0.102. The second kappa shape index (κ2) is 4.64. The van der Waals surface area contributed by atoms with Gasteiger partial charge in [0.15, 0.2) is 0 Å². The molecule has 0 unspecified atom stereocenters. The predicted molar refractivity (Wildman–Crippen MR) is 69.8 cm³/mol. The van der Waals surface area contributed by atoms with E-state index in [1.165, 1.54) is 0 Å². The van der Waals surface area contributed by atoms with Gasteiger partial charge >= 0.3 is 0 Å². The summed E-state index contributed by atoms with van der Waals surface area (Å²) in [4.78, 5) is 12.2. The lowest BCUT2D eigenvalue weighted by Gasteiger charge is -2.09. The molecule has 2 aromatic rings. The molecule has 1 aromatic heterocycles. The Kier molecular flexibility index (Phi) is 3.19. The molecular formula is C14H16N2O2. The maximum Gasteiger partial charge on any atom is 0.261 e. The Morgan fingerprint density at radius 1 is 1.22 bits per heavy atom. The van der Waals surface area contributed by atoms with Crippen LogP contribution in [0.5, 0.6) is 0 Å². The summed E-state index contributed by atoms with van der Waals surface area (Å²) < 4.78 is 5.00. The molecule has 0 fully saturated rings. The fourth-order valence-corrected chi connectivity index (χ4v) is 1.86. The highest BCUT2D eigenvalue weighted by atomic mass is 16.5. The average molecular weight is 244 g/mol. The highest BCUT2D eigenvalue weighted by Gasteiger charge is 2.17. The molecule has 4 heteroatoms. The molecule has 0 spiro atoms. The number of carbonyl (C=O) groups excluding carboxylic acids is 1. The van der Waals surface area contributed by atoms with E-state index in [0.29, 0.717) is 17.0 Å². The largest absolute Gasteiger partial charge is 0.361 e. The molecule has 0 saturated heterocycles. The normalized spacial score (nSPS) is 10.4. The van der Waals surface area contributed by atoms with Crippen LogP contribution in [0, 0.1) is 27.7 Å². The Bertz CT molecular complexity index is 580. The molecule has 4 nitrogen and oxygen atoms in total. The minimum Gasteiger partial charge on any atom is -0.361 e. The van der Waals surface area contributed by atoms with E-state index < -0.39 is 0 Å². The summed E-state index contributed by atoms with van der Waals surface area (Å²) in [6.07, 6.45) is 0. The lowest BCUT2D eigenvalue weighted by Crippen LogP contribution is -2.14. The first-order valence-electron chi connectivity index (χ1n) is 5.80. The van der Waals surface area contributed by atoms with Crippen molar-refractivity contribution in [2.45, 2.75) is 27.7 Å². The minimum atomic E-state index is -0.181. The Balaban J connectivity index is 2.30. The fraction of sp³-hybridized carbons (Fsp3) is 0.286. The van der Waals surface area contributed by atoms with Gasteiger partial charge in [0.25, 0.3) is 5.91 Å². The third-order valence-electron chi connectivity index (χ3n) is 2.90. The standard InChI is InChI=1S/C14H16N2O2/c1-8-5-6-9(2)12(7-8)15-14(17)13-10(3)16-18-11(13)4/h5-7H,1-4H3,(H,15,17). The van der Waals surface area contributed by atoms with Crippen LogP contribution in [0.3, 0.4) is 0 Å². The van der Waals surface area contributed by atoms with Gasteiger partial charge in [0.2, 0.25) is 0 Å². The first kappa shape index (κ1) is 12.4. The number of nitrogens with one attached hydrogen (secondary N) is 1. The third kappa shape index (κ3) is 2.27. The van der Waals surface area contributed by atoms with Crippen molar-refractivity contribution in [3.05, 3.63) is 46.3 Å². The minimum absolute atomic E-state index is 0.181. The SMILES string of the molecule is Cc1ccc(C)c(NC(=O)c2c(C)noc2C)c1. The number of nitrogens with zero attached hydrogens (tertiary/aromatic N) is 1. The topological polar surface area (TPSA) is 55.1 Å². The van der Waals surface area contributed by atoms with Crippen molar-refractivity contribution in [3.63, 3.8) is 0 Å². The molecule has 2 rings (SSSR count). The Labute approximate surface area is 106 Å². The number of hydrogen-bond acceptors (Lipinski definition) is 3. The highest BCUT2D eigenvalue weighted by molar-refractivity contribution is 6.06. The summed E-state index contributed by atoms with van der Waals surface area (Å²) >= 11 is 0. The highest BCUT2D eigenvalue weighted by Crippen LogP contribution is 2.19. The van der Waals surface area contributed by atoms with Crippen LogP contribution in [0.15, 0.2) is 22.7 Å². The van der Waals surface area contributed by atoms with Crippen molar-refractivity contribution in [2.75, 3.05) is 5.32 Å². The van der Waals surface area contributed by atoms with E-state index in [9.17, 15) is 4.79 Å². The van der Waals surface area contributed by atoms with Gasteiger partial charge in [0.05, 0.1) is 5.69 Å². The molecule has 0 atom stereocenters. The van der Waals surface area contributed by atoms with Crippen LogP contribution in [0.25, 0.3) is 0 Å². The first-order valence-corrected chi connectivity index (χ1v) is 5.80. The van der Waals surface area contributed by atoms with Crippen molar-refractivity contribution in [1.29, 1.82) is 0 Å². The Morgan fingerprint density at radius 3 is 2.56 bits per heavy atom. The molecule has 18 heavy (non-hydrogen) atoms. The zero-order valence-electron chi connectivity index (χ0n) is 11.0. The van der Waals surface area contributed by atoms with Gasteiger partial charge in [-0.2, -0.15) is 0 Å². The number of aromatic nitrogens is 1. The van der Waals surface area contributed by atoms with E-state index in [-0.39, 0.29) is 5.91 Å². The molecule has 0 aliphatic carbocycles. The number of aryl methyl sites for hydroxylation is 4. The van der Waals surface area contributed by atoms with Crippen LogP contribution in [0.2, 0.25) is 0 Å². The number of anilines is 1. The summed E-state index contributed by atoms with van der Waals surface area (Å²) in [5.74, 6) is 0.357. The molecule has 0 radical (unpaired) electrons. The number of amides is 1. The van der Waals surface area contributed by atoms with Gasteiger partial charge in [-0.3, -0.25) is 4.79 Å². The van der Waals surface area contributed by atoms with Gasteiger partial charge in [0.1, 0.15) is 11.3 Å². The lowest BCUT2D eigenvalue weighted by atomic mass is 10.1. The molecule has 1 amide bonds. The Morgan fingerprint density at radius 2 is 1.94 bits per heavy atom. The summed E-state index contributed by atoms with van der Waals surface area (Å²) in [6, 6.07) is 5.95. The van der Waals surface area contributed by atoms with E-state index in [1.54, 1.807) is 13.8 Å². The van der Waals surface area contributed by atoms with Gasteiger partial charge in [0, 0.05) is 5.69 Å². The predicted octanol–water partition coefficient (Wildman–Crippen LogP) is 3.16. The monoisotopic (exact) mass is 244 g/mol. The van der Waals surface area contributed by atoms with Crippen molar-refractivity contribution >= 4 is 11.6 Å². The van der Waals surface area contributed by atoms with Crippen LogP contribution < -0.4 is 5.32 Å². The zero-order chi connectivity index (χ0) is 13.3. The number of carbonyl (C=O) groups is 1. The maximum atomic E-state index is 12.2. The van der Waals surface area contributed by atoms with Crippen molar-refractivity contribution in [3.8, 4) is 0 Å². The van der Waals surface area contributed by atoms with Crippen LogP contribution in [-0.4, -0.2) is 11.1 Å². The van der Waals surface area contributed by atoms with Gasteiger partial charge < -0.3 is 9.84 Å². The molecule has 0 saturated carbocycles. The summed E-state index contributed by atoms with van der Waals surface area (Å²) in [5.41, 5.74) is 4.07. The molecule has 1 heterocycles. The molecule has 0 aliphatic heterocycles. The van der Waals surface area contributed by atoms with Crippen molar-refractivity contribution < 1.29 is 9.32 Å². The van der Waals surface area contributed by atoms with E-state index in [1.807, 2.05) is 32.0 Å². The molecule has 94 valence electrons. The number of benzene rings is 1. The smallest absolute Gasteiger partial charge is 0.261 e. The van der Waals surface area contributed by atoms with Gasteiger partial charge in [-0.15, -0.1) is 0 Å². The molecular weight excluding hydrogens is 228 g/mol. The quantitative estimate of drug-likeness (QED) is 0.882. The van der Waals surface area contributed by atoms with Gasteiger partial charge in [-0.25, -0.2) is 0 Å². The molecule has 0 aliphatic rings. The van der Waals surface area contributed by atoms with Gasteiger partial charge in [-0.05, 0) is 44.9 Å². The van der Waals surface area contributed by atoms with Gasteiger partial charge in [-0.1, -0.05) is 17.3 Å². The summed E-state index contributed by atoms with van der Waals surface area (Å²) in [6.45, 7) is 7.44. The van der Waals surface area contributed by atoms with Crippen LogP contribution in [-0.2, 0) is 0 Å². The molecule has 0 bridgehead atoms. The van der Waals surface area contributed by atoms with Crippen LogP contribution in [0.4, 0.5) is 5.69 Å². The maximum absolute atomic E-state index is 12.2. The van der Waals surface area contributed by atoms with Crippen LogP contribution >= 0.6 is 0 Å². The van der Waals surface area contributed by atoms with E-state index in [2.05, 4.69) is 10.5 Å². The second-order valence-corrected chi connectivity index (χ2v) is 4.47. The number of hydrogen-bond donors (Lipinski definition) is 1. The number of rotatable bonds is 2. The Hall–Kier alpha value is -2.10. The van der Waals surface area contributed by atoms with Crippen molar-refractivity contribution in [2.24, 2.45) is 0 Å². The molecule has 1 aromatic carbocycles. The first-order chi connectivity index (χ1) is 8.49. The zero-order valence-corrected chi connectivity index (χ0v) is 11.0. The summed E-state index contributed by atoms with van der Waals surface area (Å²) in [7, 11) is 0. The van der Waals surface area contributed by atoms with E-state index in [0.717, 1.165) is 16.8 Å². The average Bonchev–Trinajstić information content (AvgIpc) is 2.63. The van der Waals surface area contributed by atoms with Crippen LogP contribution in [0.1, 0.15) is 32.9 Å². The third-order valence-corrected chi connectivity index (χ3v) is 2.90. The van der Waals surface area contributed by atoms with E-state index >= 15 is 0 Å². The summed E-state index contributed by atoms with van der Waals surface area (Å²) in [5, 5.41) is 6.68. The van der Waals surface area contributed by atoms with Crippen molar-refractivity contribution in [1.82, 2.24) is 5.16 Å². The molecule has 1 N–H and O–H groups in total. The fourth-order valence-electron chi connectivity index (χ4n) is 1.86. The van der Waals surface area contributed by atoms with E-state index in [4.69, 9.17) is 4.52 Å². The second-order valence-electron chi connectivity index (χ2n) is 4.47.